The van der Waals surface area contributed by atoms with Crippen molar-refractivity contribution in [3.8, 4) is 28.0 Å². The normalized spacial score (nSPS) is 12.0. The lowest BCUT2D eigenvalue weighted by molar-refractivity contribution is 0.417. The van der Waals surface area contributed by atoms with Crippen molar-refractivity contribution >= 4 is 36.8 Å². The number of fused-ring (bicyclic) bond motifs is 1. The summed E-state index contributed by atoms with van der Waals surface area (Å²) in [6, 6.07) is 19.8. The Morgan fingerprint density at radius 1 is 0.891 bits per heavy atom. The molecule has 13 heteroatoms. The predicted molar refractivity (Wildman–Crippen MR) is 175 cm³/mol. The van der Waals surface area contributed by atoms with Crippen molar-refractivity contribution in [1.82, 2.24) is 18.7 Å². The first-order chi connectivity index (χ1) is 21.9. The molecular weight excluding hydrogens is 630 g/mol. The third-order valence-electron chi connectivity index (χ3n) is 7.48. The molecule has 10 nitrogen and oxygen atoms in total. The molecule has 6 rings (SSSR count). The van der Waals surface area contributed by atoms with Gasteiger partial charge in [-0.15, -0.1) is 0 Å². The van der Waals surface area contributed by atoms with E-state index in [1.165, 1.54) is 29.4 Å². The number of hydrogen-bond donors (Lipinski definition) is 1. The number of nitrogens with zero attached hydrogens (tertiary/aromatic N) is 4. The molecule has 0 fully saturated rings. The summed E-state index contributed by atoms with van der Waals surface area (Å²) in [7, 11) is -6.18. The average molecular weight is 660 g/mol. The van der Waals surface area contributed by atoms with Crippen LogP contribution in [0.3, 0.4) is 0 Å². The highest BCUT2D eigenvalue weighted by Crippen LogP contribution is 2.36. The fraction of sp³-hybridized carbons (Fsp3) is 0.152. The van der Waals surface area contributed by atoms with Gasteiger partial charge in [0, 0.05) is 47.2 Å². The summed E-state index contributed by atoms with van der Waals surface area (Å²) in [5, 5.41) is 5.03. The molecule has 3 heterocycles. The molecular formula is C33H30FN5O5S2. The first-order valence-electron chi connectivity index (χ1n) is 14.2. The quantitative estimate of drug-likeness (QED) is 0.195. The van der Waals surface area contributed by atoms with E-state index in [-0.39, 0.29) is 22.0 Å². The van der Waals surface area contributed by atoms with Gasteiger partial charge in [-0.3, -0.25) is 9.40 Å². The van der Waals surface area contributed by atoms with Gasteiger partial charge in [-0.1, -0.05) is 35.9 Å². The molecule has 3 aromatic heterocycles. The maximum Gasteiger partial charge on any atom is 0.269 e. The summed E-state index contributed by atoms with van der Waals surface area (Å²) in [6.07, 6.45) is 8.14. The summed E-state index contributed by atoms with van der Waals surface area (Å²) in [4.78, 5) is 4.72. The topological polar surface area (TPSA) is 125 Å². The number of methoxy groups -OCH3 is 1. The third-order valence-corrected chi connectivity index (χ3v) is 9.74. The zero-order chi connectivity index (χ0) is 32.6. The molecule has 0 radical (unpaired) electrons. The molecule has 0 spiro atoms. The van der Waals surface area contributed by atoms with Crippen molar-refractivity contribution in [1.29, 1.82) is 0 Å². The predicted octanol–water partition coefficient (Wildman–Crippen LogP) is 5.87. The van der Waals surface area contributed by atoms with E-state index in [2.05, 4.69) is 14.8 Å². The van der Waals surface area contributed by atoms with E-state index in [4.69, 9.17) is 4.74 Å². The molecule has 3 aromatic carbocycles. The van der Waals surface area contributed by atoms with E-state index in [1.807, 2.05) is 25.3 Å². The molecule has 0 aliphatic heterocycles. The van der Waals surface area contributed by atoms with Crippen molar-refractivity contribution < 1.29 is 26.0 Å². The number of halogens is 1. The first kappa shape index (κ1) is 31.0. The number of hydrogen-bond acceptors (Lipinski definition) is 7. The molecule has 6 aromatic rings. The maximum atomic E-state index is 13.9. The molecule has 236 valence electrons. The zero-order valence-electron chi connectivity index (χ0n) is 25.2. The Hall–Kier alpha value is -5.01. The fourth-order valence-corrected chi connectivity index (χ4v) is 7.09. The van der Waals surface area contributed by atoms with Crippen molar-refractivity contribution in [2.75, 3.05) is 18.1 Å². The smallest absolute Gasteiger partial charge is 0.269 e. The minimum Gasteiger partial charge on any atom is -0.495 e. The highest BCUT2D eigenvalue weighted by molar-refractivity contribution is 7.92. The van der Waals surface area contributed by atoms with E-state index >= 15 is 0 Å². The number of anilines is 1. The van der Waals surface area contributed by atoms with Crippen LogP contribution in [0.25, 0.3) is 33.3 Å². The van der Waals surface area contributed by atoms with Gasteiger partial charge in [-0.25, -0.2) is 30.2 Å². The van der Waals surface area contributed by atoms with E-state index in [0.29, 0.717) is 46.4 Å². The molecule has 1 N–H and O–H groups in total. The molecule has 0 saturated heterocycles. The van der Waals surface area contributed by atoms with E-state index in [9.17, 15) is 21.2 Å². The van der Waals surface area contributed by atoms with Crippen LogP contribution in [0, 0.1) is 12.7 Å². The number of ether oxygens (including phenoxy) is 1. The summed E-state index contributed by atoms with van der Waals surface area (Å²) >= 11 is 0. The number of aryl methyl sites for hydroxylation is 3. The van der Waals surface area contributed by atoms with Crippen molar-refractivity contribution in [2.24, 2.45) is 0 Å². The van der Waals surface area contributed by atoms with Crippen LogP contribution in [0.5, 0.6) is 5.75 Å². The second kappa shape index (κ2) is 12.1. The Morgan fingerprint density at radius 2 is 1.67 bits per heavy atom. The second-order valence-electron chi connectivity index (χ2n) is 10.9. The highest BCUT2D eigenvalue weighted by atomic mass is 32.2. The average Bonchev–Trinajstić information content (AvgIpc) is 3.64. The van der Waals surface area contributed by atoms with Gasteiger partial charge in [-0.2, -0.15) is 5.10 Å². The van der Waals surface area contributed by atoms with Crippen molar-refractivity contribution in [3.63, 3.8) is 0 Å². The summed E-state index contributed by atoms with van der Waals surface area (Å²) in [5.41, 5.74) is 4.72. The Balaban J connectivity index is 1.46. The van der Waals surface area contributed by atoms with Gasteiger partial charge in [-0.05, 0) is 66.9 Å². The summed E-state index contributed by atoms with van der Waals surface area (Å²) < 4.78 is 76.2. The van der Waals surface area contributed by atoms with Gasteiger partial charge < -0.3 is 4.74 Å². The summed E-state index contributed by atoms with van der Waals surface area (Å²) in [5.74, 6) is 0.0329. The number of benzene rings is 3. The van der Waals surface area contributed by atoms with Crippen LogP contribution >= 0.6 is 0 Å². The van der Waals surface area contributed by atoms with Gasteiger partial charge in [0.05, 0.1) is 30.1 Å². The molecule has 0 saturated carbocycles. The summed E-state index contributed by atoms with van der Waals surface area (Å²) in [6.45, 7) is 2.36. The van der Waals surface area contributed by atoms with Gasteiger partial charge in [0.1, 0.15) is 11.6 Å². The van der Waals surface area contributed by atoms with Crippen LogP contribution in [0.4, 0.5) is 10.1 Å². The maximum absolute atomic E-state index is 13.9. The highest BCUT2D eigenvalue weighted by Gasteiger charge is 2.24. The fourth-order valence-electron chi connectivity index (χ4n) is 5.20. The lowest BCUT2D eigenvalue weighted by atomic mass is 10.0. The molecule has 0 atom stereocenters. The second-order valence-corrected chi connectivity index (χ2v) is 14.5. The standard InChI is InChI=1S/C33H30FN5O5S2/c1-22-7-10-28(11-8-22)46(42,43)39-21-30(26-19-36-38(20-26)14-13-23-5-4-6-27(34)15-23)29-16-25(18-35-33(29)39)24-9-12-32(44-2)31(17-24)37-45(3,40)41/h4-12,15-21,37H,13-14H2,1-3H3. The lowest BCUT2D eigenvalue weighted by Crippen LogP contribution is -2.12. The minimum atomic E-state index is -4.03. The third kappa shape index (κ3) is 6.37. The van der Waals surface area contributed by atoms with Gasteiger partial charge in [0.15, 0.2) is 5.65 Å². The number of rotatable bonds is 10. The lowest BCUT2D eigenvalue weighted by Gasteiger charge is -2.12. The molecule has 0 amide bonds. The van der Waals surface area contributed by atoms with E-state index < -0.39 is 20.0 Å². The number of aromatic nitrogens is 4. The van der Waals surface area contributed by atoms with Crippen LogP contribution < -0.4 is 9.46 Å². The SMILES string of the molecule is COc1ccc(-c2cnc3c(c2)c(-c2cnn(CCc4cccc(F)c4)c2)cn3S(=O)(=O)c2ccc(C)cc2)cc1NS(C)(=O)=O. The Kier molecular flexibility index (Phi) is 8.13. The molecule has 0 unspecified atom stereocenters. The zero-order valence-corrected chi connectivity index (χ0v) is 26.8. The Labute approximate surface area is 266 Å². The van der Waals surface area contributed by atoms with Gasteiger partial charge in [0.25, 0.3) is 10.0 Å². The van der Waals surface area contributed by atoms with E-state index in [1.54, 1.807) is 65.6 Å². The van der Waals surface area contributed by atoms with E-state index in [0.717, 1.165) is 17.4 Å². The van der Waals surface area contributed by atoms with Crippen LogP contribution in [0.1, 0.15) is 11.1 Å². The van der Waals surface area contributed by atoms with Crippen LogP contribution in [-0.4, -0.2) is 48.9 Å². The minimum absolute atomic E-state index is 0.116. The molecule has 0 aliphatic rings. The number of sulfonamides is 1. The van der Waals surface area contributed by atoms with Crippen LogP contribution in [-0.2, 0) is 33.0 Å². The molecule has 46 heavy (non-hydrogen) atoms. The Morgan fingerprint density at radius 3 is 2.39 bits per heavy atom. The van der Waals surface area contributed by atoms with Crippen LogP contribution in [0.15, 0.2) is 102 Å². The van der Waals surface area contributed by atoms with Gasteiger partial charge >= 0.3 is 0 Å². The first-order valence-corrected chi connectivity index (χ1v) is 17.5. The van der Waals surface area contributed by atoms with Crippen molar-refractivity contribution in [2.45, 2.75) is 24.8 Å². The largest absolute Gasteiger partial charge is 0.495 e. The number of pyridine rings is 1. The molecule has 0 aliphatic carbocycles. The van der Waals surface area contributed by atoms with Gasteiger partial charge in [0.2, 0.25) is 10.0 Å². The Bertz CT molecular complexity index is 2300. The molecule has 0 bridgehead atoms. The monoisotopic (exact) mass is 659 g/mol. The van der Waals surface area contributed by atoms with Crippen molar-refractivity contribution in [3.05, 3.63) is 115 Å². The van der Waals surface area contributed by atoms with Crippen LogP contribution in [0.2, 0.25) is 0 Å². The number of nitrogens with one attached hydrogen (secondary N) is 1.